The van der Waals surface area contributed by atoms with E-state index in [4.69, 9.17) is 10.2 Å². The summed E-state index contributed by atoms with van der Waals surface area (Å²) in [5.41, 5.74) is 7.79. The van der Waals surface area contributed by atoms with Crippen LogP contribution in [0.15, 0.2) is 22.6 Å². The van der Waals surface area contributed by atoms with Crippen molar-refractivity contribution in [2.24, 2.45) is 0 Å². The molecule has 6 heteroatoms. The average Bonchev–Trinajstić information content (AvgIpc) is 2.69. The third kappa shape index (κ3) is 3.23. The van der Waals surface area contributed by atoms with E-state index in [1.807, 2.05) is 11.9 Å². The van der Waals surface area contributed by atoms with Crippen molar-refractivity contribution in [3.05, 3.63) is 24.1 Å². The maximum Gasteiger partial charge on any atom is 0.236 e. The molecule has 0 unspecified atom stereocenters. The van der Waals surface area contributed by atoms with Crippen LogP contribution in [0.2, 0.25) is 0 Å². The predicted octanol–water partition coefficient (Wildman–Crippen LogP) is 0.930. The van der Waals surface area contributed by atoms with Gasteiger partial charge in [0.05, 0.1) is 13.1 Å². The number of anilines is 1. The number of oxazole rings is 1. The van der Waals surface area contributed by atoms with E-state index in [1.54, 1.807) is 37.2 Å². The van der Waals surface area contributed by atoms with Gasteiger partial charge in [-0.2, -0.15) is 0 Å². The number of rotatable bonds is 4. The molecule has 0 bridgehead atoms. The summed E-state index contributed by atoms with van der Waals surface area (Å²) in [5, 5.41) is 0. The molecule has 0 aliphatic rings. The Morgan fingerprint density at radius 3 is 2.79 bits per heavy atom. The van der Waals surface area contributed by atoms with Crippen LogP contribution in [-0.4, -0.2) is 48.4 Å². The number of carbonyl (C=O) groups excluding carboxylic acids is 1. The Hall–Kier alpha value is -2.08. The maximum atomic E-state index is 11.6. The lowest BCUT2D eigenvalue weighted by molar-refractivity contribution is -0.129. The number of fused-ring (bicyclic) bond motifs is 1. The maximum absolute atomic E-state index is 11.6. The fraction of sp³-hybridized carbons (Fsp3) is 0.385. The standard InChI is InChI=1S/C13H18N4O2/c1-16(2)13(18)8-17(3)7-12-15-10-6-9(14)4-5-11(10)19-12/h4-6H,7-8,14H2,1-3H3. The lowest BCUT2D eigenvalue weighted by Crippen LogP contribution is -2.34. The van der Waals surface area contributed by atoms with Crippen molar-refractivity contribution >= 4 is 22.7 Å². The fourth-order valence-electron chi connectivity index (χ4n) is 1.72. The summed E-state index contributed by atoms with van der Waals surface area (Å²) in [7, 11) is 5.32. The van der Waals surface area contributed by atoms with Crippen LogP contribution in [0.25, 0.3) is 11.1 Å². The number of hydrogen-bond acceptors (Lipinski definition) is 5. The molecule has 0 aliphatic carbocycles. The molecule has 2 aromatic rings. The molecule has 0 fully saturated rings. The minimum Gasteiger partial charge on any atom is -0.439 e. The largest absolute Gasteiger partial charge is 0.439 e. The summed E-state index contributed by atoms with van der Waals surface area (Å²) >= 11 is 0. The van der Waals surface area contributed by atoms with E-state index in [2.05, 4.69) is 4.98 Å². The Morgan fingerprint density at radius 1 is 1.37 bits per heavy atom. The first-order valence-corrected chi connectivity index (χ1v) is 5.99. The second kappa shape index (κ2) is 5.27. The Balaban J connectivity index is 2.06. The number of likely N-dealkylation sites (N-methyl/N-ethyl adjacent to an activating group) is 2. The molecular weight excluding hydrogens is 244 g/mol. The molecule has 0 spiro atoms. The number of nitrogen functional groups attached to an aromatic ring is 1. The van der Waals surface area contributed by atoms with Gasteiger partial charge >= 0.3 is 0 Å². The van der Waals surface area contributed by atoms with Gasteiger partial charge in [-0.25, -0.2) is 4.98 Å². The molecule has 0 radical (unpaired) electrons. The van der Waals surface area contributed by atoms with Gasteiger partial charge in [0.25, 0.3) is 0 Å². The van der Waals surface area contributed by atoms with Crippen molar-refractivity contribution in [1.29, 1.82) is 0 Å². The molecule has 2 rings (SSSR count). The highest BCUT2D eigenvalue weighted by Crippen LogP contribution is 2.18. The van der Waals surface area contributed by atoms with Gasteiger partial charge in [-0.1, -0.05) is 0 Å². The highest BCUT2D eigenvalue weighted by atomic mass is 16.3. The Bertz CT molecular complexity index is 591. The summed E-state index contributed by atoms with van der Waals surface area (Å²) in [4.78, 5) is 19.3. The second-order valence-electron chi connectivity index (χ2n) is 4.80. The minimum absolute atomic E-state index is 0.0443. The van der Waals surface area contributed by atoms with E-state index < -0.39 is 0 Å². The molecule has 0 saturated carbocycles. The molecular formula is C13H18N4O2. The Kier molecular flexibility index (Phi) is 3.71. The predicted molar refractivity (Wildman–Crippen MR) is 73.4 cm³/mol. The van der Waals surface area contributed by atoms with Gasteiger partial charge in [-0.05, 0) is 25.2 Å². The number of hydrogen-bond donors (Lipinski definition) is 1. The van der Waals surface area contributed by atoms with Gasteiger partial charge in [0.15, 0.2) is 5.58 Å². The lowest BCUT2D eigenvalue weighted by Gasteiger charge is -2.17. The van der Waals surface area contributed by atoms with Gasteiger partial charge in [-0.3, -0.25) is 9.69 Å². The smallest absolute Gasteiger partial charge is 0.236 e. The zero-order valence-corrected chi connectivity index (χ0v) is 11.4. The first kappa shape index (κ1) is 13.4. The Morgan fingerprint density at radius 2 is 2.11 bits per heavy atom. The quantitative estimate of drug-likeness (QED) is 0.830. The number of amides is 1. The van der Waals surface area contributed by atoms with Crippen molar-refractivity contribution in [1.82, 2.24) is 14.8 Å². The van der Waals surface area contributed by atoms with Gasteiger partial charge in [-0.15, -0.1) is 0 Å². The zero-order valence-electron chi connectivity index (χ0n) is 11.4. The van der Waals surface area contributed by atoms with E-state index in [1.165, 1.54) is 0 Å². The summed E-state index contributed by atoms with van der Waals surface area (Å²) < 4.78 is 5.60. The minimum atomic E-state index is 0.0443. The van der Waals surface area contributed by atoms with Crippen molar-refractivity contribution < 1.29 is 9.21 Å². The van der Waals surface area contributed by atoms with E-state index in [0.29, 0.717) is 30.3 Å². The van der Waals surface area contributed by atoms with Gasteiger partial charge in [0.1, 0.15) is 5.52 Å². The van der Waals surface area contributed by atoms with E-state index in [9.17, 15) is 4.79 Å². The van der Waals surface area contributed by atoms with Gasteiger partial charge in [0.2, 0.25) is 11.8 Å². The SMILES string of the molecule is CN(CC(=O)N(C)C)Cc1nc2cc(N)ccc2o1. The van der Waals surface area contributed by atoms with Gasteiger partial charge in [0, 0.05) is 19.8 Å². The molecule has 102 valence electrons. The number of nitrogens with two attached hydrogens (primary N) is 1. The third-order valence-corrected chi connectivity index (χ3v) is 2.77. The summed E-state index contributed by atoms with van der Waals surface area (Å²) in [6, 6.07) is 5.34. The first-order valence-electron chi connectivity index (χ1n) is 5.99. The molecule has 0 atom stereocenters. The van der Waals surface area contributed by atoms with Crippen molar-refractivity contribution in [2.75, 3.05) is 33.4 Å². The fourth-order valence-corrected chi connectivity index (χ4v) is 1.72. The monoisotopic (exact) mass is 262 g/mol. The molecule has 0 saturated heterocycles. The third-order valence-electron chi connectivity index (χ3n) is 2.77. The summed E-state index contributed by atoms with van der Waals surface area (Å²) in [6.07, 6.45) is 0. The van der Waals surface area contributed by atoms with E-state index in [-0.39, 0.29) is 5.91 Å². The molecule has 1 aromatic heterocycles. The van der Waals surface area contributed by atoms with Crippen LogP contribution in [0.3, 0.4) is 0 Å². The Labute approximate surface area is 111 Å². The molecule has 0 aliphatic heterocycles. The first-order chi connectivity index (χ1) is 8.95. The summed E-state index contributed by atoms with van der Waals surface area (Å²) in [5.74, 6) is 0.623. The zero-order chi connectivity index (χ0) is 14.0. The molecule has 1 amide bonds. The number of carbonyl (C=O) groups is 1. The van der Waals surface area contributed by atoms with Crippen molar-refractivity contribution in [3.8, 4) is 0 Å². The molecule has 1 aromatic carbocycles. The highest BCUT2D eigenvalue weighted by Gasteiger charge is 2.12. The topological polar surface area (TPSA) is 75.6 Å². The molecule has 2 N–H and O–H groups in total. The average molecular weight is 262 g/mol. The van der Waals surface area contributed by atoms with Crippen LogP contribution in [0.1, 0.15) is 5.89 Å². The second-order valence-corrected chi connectivity index (χ2v) is 4.80. The van der Waals surface area contributed by atoms with E-state index >= 15 is 0 Å². The number of benzene rings is 1. The van der Waals surface area contributed by atoms with Crippen molar-refractivity contribution in [2.45, 2.75) is 6.54 Å². The van der Waals surface area contributed by atoms with Crippen LogP contribution in [0.4, 0.5) is 5.69 Å². The van der Waals surface area contributed by atoms with E-state index in [0.717, 1.165) is 5.52 Å². The highest BCUT2D eigenvalue weighted by molar-refractivity contribution is 5.78. The van der Waals surface area contributed by atoms with Crippen molar-refractivity contribution in [3.63, 3.8) is 0 Å². The van der Waals surface area contributed by atoms with Crippen LogP contribution in [0, 0.1) is 0 Å². The van der Waals surface area contributed by atoms with Crippen LogP contribution >= 0.6 is 0 Å². The molecule has 1 heterocycles. The van der Waals surface area contributed by atoms with Gasteiger partial charge < -0.3 is 15.1 Å². The lowest BCUT2D eigenvalue weighted by atomic mass is 10.3. The van der Waals surface area contributed by atoms with Crippen LogP contribution in [-0.2, 0) is 11.3 Å². The summed E-state index contributed by atoms with van der Waals surface area (Å²) in [6.45, 7) is 0.808. The molecule has 19 heavy (non-hydrogen) atoms. The normalized spacial score (nSPS) is 11.2. The van der Waals surface area contributed by atoms with Crippen LogP contribution < -0.4 is 5.73 Å². The molecule has 6 nitrogen and oxygen atoms in total. The number of nitrogens with zero attached hydrogens (tertiary/aromatic N) is 3. The number of aromatic nitrogens is 1. The van der Waals surface area contributed by atoms with Crippen LogP contribution in [0.5, 0.6) is 0 Å².